The van der Waals surface area contributed by atoms with E-state index < -0.39 is 6.10 Å². The van der Waals surface area contributed by atoms with E-state index in [9.17, 15) is 5.11 Å². The molecule has 2 aromatic rings. The van der Waals surface area contributed by atoms with E-state index in [4.69, 9.17) is 0 Å². The number of fused-ring (bicyclic) bond motifs is 1. The first kappa shape index (κ1) is 12.4. The number of hydrogen-bond acceptors (Lipinski definition) is 3. The zero-order valence-corrected chi connectivity index (χ0v) is 11.4. The number of aryl methyl sites for hydroxylation is 3. The fourth-order valence-electron chi connectivity index (χ4n) is 3.04. The summed E-state index contributed by atoms with van der Waals surface area (Å²) < 4.78 is 1.78. The molecule has 0 aromatic carbocycles. The van der Waals surface area contributed by atoms with E-state index >= 15 is 0 Å². The molecular formula is C15H19N3O. The SMILES string of the molecule is CCc1nn(C)cc1C(O)C1CCc2cccnc21. The molecule has 0 bridgehead atoms. The molecule has 1 N–H and O–H groups in total. The third kappa shape index (κ3) is 2.06. The van der Waals surface area contributed by atoms with Crippen LogP contribution in [0.2, 0.25) is 0 Å². The van der Waals surface area contributed by atoms with Crippen molar-refractivity contribution in [3.63, 3.8) is 0 Å². The first-order valence-electron chi connectivity index (χ1n) is 6.85. The minimum Gasteiger partial charge on any atom is -0.388 e. The van der Waals surface area contributed by atoms with Gasteiger partial charge in [0.2, 0.25) is 0 Å². The summed E-state index contributed by atoms with van der Waals surface area (Å²) in [6, 6.07) is 4.08. The van der Waals surface area contributed by atoms with Gasteiger partial charge in [0.1, 0.15) is 0 Å². The maximum Gasteiger partial charge on any atom is 0.0907 e. The fraction of sp³-hybridized carbons (Fsp3) is 0.467. The Morgan fingerprint density at radius 2 is 2.37 bits per heavy atom. The van der Waals surface area contributed by atoms with Crippen LogP contribution in [0, 0.1) is 0 Å². The second-order valence-electron chi connectivity index (χ2n) is 5.20. The Labute approximate surface area is 113 Å². The van der Waals surface area contributed by atoms with E-state index in [-0.39, 0.29) is 5.92 Å². The first-order chi connectivity index (χ1) is 9.20. The van der Waals surface area contributed by atoms with Gasteiger partial charge in [0.05, 0.1) is 11.8 Å². The van der Waals surface area contributed by atoms with Crippen LogP contribution in [0.15, 0.2) is 24.5 Å². The molecule has 4 heteroatoms. The van der Waals surface area contributed by atoms with Gasteiger partial charge in [-0.25, -0.2) is 0 Å². The molecule has 1 aliphatic rings. The molecule has 0 saturated heterocycles. The average molecular weight is 257 g/mol. The summed E-state index contributed by atoms with van der Waals surface area (Å²) in [6.45, 7) is 2.07. The standard InChI is InChI=1S/C15H19N3O/c1-3-13-12(9-18(2)17-13)15(19)11-7-6-10-5-4-8-16-14(10)11/h4-5,8-9,11,15,19H,3,6-7H2,1-2H3. The van der Waals surface area contributed by atoms with Crippen LogP contribution in [-0.2, 0) is 19.9 Å². The molecule has 0 amide bonds. The van der Waals surface area contributed by atoms with Crippen molar-refractivity contribution >= 4 is 0 Å². The van der Waals surface area contributed by atoms with E-state index in [1.807, 2.05) is 25.5 Å². The number of rotatable bonds is 3. The maximum atomic E-state index is 10.7. The first-order valence-corrected chi connectivity index (χ1v) is 6.85. The van der Waals surface area contributed by atoms with Crippen molar-refractivity contribution in [3.8, 4) is 0 Å². The van der Waals surface area contributed by atoms with Crippen LogP contribution in [0.1, 0.15) is 47.9 Å². The Bertz CT molecular complexity index is 591. The molecule has 19 heavy (non-hydrogen) atoms. The number of aliphatic hydroxyl groups excluding tert-OH is 1. The van der Waals surface area contributed by atoms with E-state index in [0.717, 1.165) is 36.2 Å². The predicted molar refractivity (Wildman–Crippen MR) is 72.8 cm³/mol. The van der Waals surface area contributed by atoms with Crippen molar-refractivity contribution in [1.82, 2.24) is 14.8 Å². The summed E-state index contributed by atoms with van der Waals surface area (Å²) in [5.74, 6) is 0.102. The normalized spacial score (nSPS) is 19.4. The maximum absolute atomic E-state index is 10.7. The number of nitrogens with zero attached hydrogens (tertiary/aromatic N) is 3. The van der Waals surface area contributed by atoms with E-state index in [2.05, 4.69) is 23.1 Å². The van der Waals surface area contributed by atoms with Gasteiger partial charge >= 0.3 is 0 Å². The van der Waals surface area contributed by atoms with Crippen LogP contribution in [0.5, 0.6) is 0 Å². The Morgan fingerprint density at radius 3 is 3.16 bits per heavy atom. The van der Waals surface area contributed by atoms with Crippen LogP contribution in [-0.4, -0.2) is 19.9 Å². The van der Waals surface area contributed by atoms with Gasteiger partial charge in [-0.2, -0.15) is 5.10 Å². The van der Waals surface area contributed by atoms with Gasteiger partial charge in [0, 0.05) is 36.6 Å². The zero-order valence-electron chi connectivity index (χ0n) is 11.4. The summed E-state index contributed by atoms with van der Waals surface area (Å²) in [7, 11) is 1.90. The highest BCUT2D eigenvalue weighted by Gasteiger charge is 2.32. The van der Waals surface area contributed by atoms with Gasteiger partial charge in [-0.05, 0) is 30.9 Å². The van der Waals surface area contributed by atoms with E-state index in [1.165, 1.54) is 5.56 Å². The van der Waals surface area contributed by atoms with Crippen molar-refractivity contribution in [1.29, 1.82) is 0 Å². The minimum absolute atomic E-state index is 0.102. The topological polar surface area (TPSA) is 50.9 Å². The lowest BCUT2D eigenvalue weighted by atomic mass is 9.93. The van der Waals surface area contributed by atoms with Crippen molar-refractivity contribution < 1.29 is 5.11 Å². The van der Waals surface area contributed by atoms with Crippen molar-refractivity contribution in [2.45, 2.75) is 38.2 Å². The molecule has 0 spiro atoms. The molecule has 0 fully saturated rings. The molecule has 2 unspecified atom stereocenters. The molecule has 0 saturated carbocycles. The van der Waals surface area contributed by atoms with E-state index in [0.29, 0.717) is 0 Å². The van der Waals surface area contributed by atoms with Crippen LogP contribution in [0.3, 0.4) is 0 Å². The summed E-state index contributed by atoms with van der Waals surface area (Å²) in [5, 5.41) is 15.1. The summed E-state index contributed by atoms with van der Waals surface area (Å²) >= 11 is 0. The highest BCUT2D eigenvalue weighted by molar-refractivity contribution is 5.33. The van der Waals surface area contributed by atoms with Gasteiger partial charge in [-0.1, -0.05) is 13.0 Å². The number of aromatic nitrogens is 3. The molecule has 2 aromatic heterocycles. The minimum atomic E-state index is -0.500. The molecule has 0 aliphatic heterocycles. The number of aliphatic hydroxyl groups is 1. The second-order valence-corrected chi connectivity index (χ2v) is 5.20. The van der Waals surface area contributed by atoms with E-state index in [1.54, 1.807) is 4.68 Å². The predicted octanol–water partition coefficient (Wildman–Crippen LogP) is 2.14. The lowest BCUT2D eigenvalue weighted by molar-refractivity contribution is 0.142. The fourth-order valence-corrected chi connectivity index (χ4v) is 3.04. The van der Waals surface area contributed by atoms with Gasteiger partial charge in [0.25, 0.3) is 0 Å². The molecule has 1 aliphatic carbocycles. The van der Waals surface area contributed by atoms with Gasteiger partial charge < -0.3 is 5.11 Å². The van der Waals surface area contributed by atoms with Crippen molar-refractivity contribution in [2.24, 2.45) is 7.05 Å². The average Bonchev–Trinajstić information content (AvgIpc) is 3.01. The molecular weight excluding hydrogens is 238 g/mol. The quantitative estimate of drug-likeness (QED) is 0.916. The second kappa shape index (κ2) is 4.78. The van der Waals surface area contributed by atoms with Crippen LogP contribution >= 0.6 is 0 Å². The number of hydrogen-bond donors (Lipinski definition) is 1. The highest BCUT2D eigenvalue weighted by Crippen LogP contribution is 2.41. The molecule has 3 rings (SSSR count). The van der Waals surface area contributed by atoms with Gasteiger partial charge in [-0.15, -0.1) is 0 Å². The number of pyridine rings is 1. The van der Waals surface area contributed by atoms with Crippen LogP contribution < -0.4 is 0 Å². The van der Waals surface area contributed by atoms with Crippen LogP contribution in [0.25, 0.3) is 0 Å². The Kier molecular flexibility index (Phi) is 3.11. The summed E-state index contributed by atoms with van der Waals surface area (Å²) in [4.78, 5) is 4.46. The smallest absolute Gasteiger partial charge is 0.0907 e. The Balaban J connectivity index is 1.95. The molecule has 2 heterocycles. The Morgan fingerprint density at radius 1 is 1.53 bits per heavy atom. The third-order valence-electron chi connectivity index (χ3n) is 3.97. The molecule has 4 nitrogen and oxygen atoms in total. The summed E-state index contributed by atoms with van der Waals surface area (Å²) in [5.41, 5.74) is 4.27. The van der Waals surface area contributed by atoms with Crippen molar-refractivity contribution in [3.05, 3.63) is 47.0 Å². The van der Waals surface area contributed by atoms with Gasteiger partial charge in [-0.3, -0.25) is 9.67 Å². The molecule has 100 valence electrons. The summed E-state index contributed by atoms with van der Waals surface area (Å²) in [6.07, 6.45) is 6.06. The lowest BCUT2D eigenvalue weighted by Gasteiger charge is -2.18. The van der Waals surface area contributed by atoms with Crippen molar-refractivity contribution in [2.75, 3.05) is 0 Å². The zero-order chi connectivity index (χ0) is 13.4. The third-order valence-corrected chi connectivity index (χ3v) is 3.97. The lowest BCUT2D eigenvalue weighted by Crippen LogP contribution is -2.10. The van der Waals surface area contributed by atoms with Crippen LogP contribution in [0.4, 0.5) is 0 Å². The van der Waals surface area contributed by atoms with Gasteiger partial charge in [0.15, 0.2) is 0 Å². The Hall–Kier alpha value is -1.68. The highest BCUT2D eigenvalue weighted by atomic mass is 16.3. The monoisotopic (exact) mass is 257 g/mol. The molecule has 2 atom stereocenters. The largest absolute Gasteiger partial charge is 0.388 e. The molecule has 0 radical (unpaired) electrons.